The molecule has 2 aliphatic rings. The van der Waals surface area contributed by atoms with Gasteiger partial charge >= 0.3 is 0 Å². The number of carbonyl (C=O) groups excluding carboxylic acids is 1. The summed E-state index contributed by atoms with van der Waals surface area (Å²) in [4.78, 5) is 29.0. The fraction of sp³-hybridized carbons (Fsp3) is 0.371. The predicted molar refractivity (Wildman–Crippen MR) is 186 cm³/mol. The average Bonchev–Trinajstić information content (AvgIpc) is 3.49. The van der Waals surface area contributed by atoms with Gasteiger partial charge in [-0.15, -0.1) is 0 Å². The second-order valence-corrected chi connectivity index (χ2v) is 12.2. The molecule has 3 aromatic rings. The van der Waals surface area contributed by atoms with Crippen LogP contribution in [0.15, 0.2) is 66.3 Å². The number of nitriles is 1. The lowest BCUT2D eigenvalue weighted by molar-refractivity contribution is 0.102. The number of benzene rings is 2. The zero-order valence-electron chi connectivity index (χ0n) is 28.1. The van der Waals surface area contributed by atoms with E-state index in [-0.39, 0.29) is 34.9 Å². The number of imidazole rings is 1. The Morgan fingerprint density at radius 3 is 2.54 bits per heavy atom. The molecule has 1 aromatic heterocycles. The van der Waals surface area contributed by atoms with E-state index in [1.807, 2.05) is 45.0 Å². The van der Waals surface area contributed by atoms with Gasteiger partial charge in [-0.2, -0.15) is 5.26 Å². The smallest absolute Gasteiger partial charge is 0.258 e. The van der Waals surface area contributed by atoms with Gasteiger partial charge in [-0.3, -0.25) is 14.3 Å². The normalized spacial score (nSPS) is 18.5. The van der Waals surface area contributed by atoms with Gasteiger partial charge in [-0.25, -0.2) is 14.4 Å². The highest BCUT2D eigenvalue weighted by Gasteiger charge is 2.37. The van der Waals surface area contributed by atoms with E-state index < -0.39 is 11.7 Å². The molecule has 0 saturated carbocycles. The third kappa shape index (κ3) is 7.05. The van der Waals surface area contributed by atoms with Crippen LogP contribution in [0.5, 0.6) is 5.75 Å². The minimum Gasteiger partial charge on any atom is -0.495 e. The third-order valence-electron chi connectivity index (χ3n) is 8.66. The largest absolute Gasteiger partial charge is 0.495 e. The number of rotatable bonds is 10. The Hall–Kier alpha value is -5.19. The highest BCUT2D eigenvalue weighted by Crippen LogP contribution is 2.38. The third-order valence-corrected chi connectivity index (χ3v) is 8.66. The Kier molecular flexibility index (Phi) is 10.5. The molecule has 12 nitrogen and oxygen atoms in total. The van der Waals surface area contributed by atoms with Crippen LogP contribution < -0.4 is 21.1 Å². The molecular weight excluding hydrogens is 611 g/mol. The molecule has 1 fully saturated rings. The average molecular weight is 655 g/mol. The van der Waals surface area contributed by atoms with Crippen LogP contribution in [0.3, 0.4) is 0 Å². The molecule has 4 N–H and O–H groups in total. The molecule has 0 spiro atoms. The van der Waals surface area contributed by atoms with Crippen LogP contribution in [-0.4, -0.2) is 82.4 Å². The van der Waals surface area contributed by atoms with E-state index >= 15 is 4.39 Å². The Morgan fingerprint density at radius 1 is 1.23 bits per heavy atom. The topological polar surface area (TPSA) is 140 Å². The van der Waals surface area contributed by atoms with Crippen LogP contribution >= 0.6 is 0 Å². The zero-order chi connectivity index (χ0) is 34.5. The first kappa shape index (κ1) is 34.2. The van der Waals surface area contributed by atoms with Crippen LogP contribution in [0.1, 0.15) is 60.5 Å². The van der Waals surface area contributed by atoms with Crippen molar-refractivity contribution in [3.63, 3.8) is 0 Å². The number of piperazine rings is 1. The first-order valence-electron chi connectivity index (χ1n) is 16.0. The van der Waals surface area contributed by atoms with Crippen LogP contribution in [0.2, 0.25) is 0 Å². The highest BCUT2D eigenvalue weighted by atomic mass is 19.1. The number of nitrogens with zero attached hydrogens (tertiary/aromatic N) is 7. The summed E-state index contributed by atoms with van der Waals surface area (Å²) in [7, 11) is 3.56. The fourth-order valence-corrected chi connectivity index (χ4v) is 6.20. The summed E-state index contributed by atoms with van der Waals surface area (Å²) >= 11 is 0. The van der Waals surface area contributed by atoms with E-state index in [0.717, 1.165) is 44.0 Å². The van der Waals surface area contributed by atoms with Gasteiger partial charge in [0.05, 0.1) is 30.1 Å². The molecule has 13 heteroatoms. The molecule has 0 aliphatic carbocycles. The summed E-state index contributed by atoms with van der Waals surface area (Å²) in [5.74, 6) is -0.428. The number of hydrogen-bond acceptors (Lipinski definition) is 9. The molecule has 48 heavy (non-hydrogen) atoms. The van der Waals surface area contributed by atoms with Crippen LogP contribution in [0, 0.1) is 17.1 Å². The molecule has 0 bridgehead atoms. The SMILES string of the molecule is C=C(/N=C1\C(=C/N)n2cnc(C#N)c2[C@@H](CC)N1C(C)C)Nc1cc(F)c(C(=O)Nc2ccc(CN3CCN(C)CC3)cc2)cc1OC. The molecule has 2 aliphatic heterocycles. The molecule has 1 atom stereocenters. The van der Waals surface area contributed by atoms with Crippen molar-refractivity contribution in [3.05, 3.63) is 89.7 Å². The van der Waals surface area contributed by atoms with Crippen molar-refractivity contribution in [2.24, 2.45) is 10.7 Å². The maximum Gasteiger partial charge on any atom is 0.258 e. The van der Waals surface area contributed by atoms with Crippen LogP contribution in [-0.2, 0) is 6.54 Å². The molecule has 3 heterocycles. The van der Waals surface area contributed by atoms with Crippen molar-refractivity contribution >= 4 is 28.8 Å². The number of aliphatic imine (C=N–C) groups is 1. The van der Waals surface area contributed by atoms with Gasteiger partial charge in [-0.05, 0) is 51.1 Å². The summed E-state index contributed by atoms with van der Waals surface area (Å²) in [6.07, 6.45) is 3.65. The second-order valence-electron chi connectivity index (χ2n) is 12.2. The number of nitrogens with one attached hydrogen (secondary N) is 2. The maximum absolute atomic E-state index is 15.5. The molecule has 1 amide bonds. The van der Waals surface area contributed by atoms with E-state index in [9.17, 15) is 10.1 Å². The summed E-state index contributed by atoms with van der Waals surface area (Å²) < 4.78 is 22.8. The minimum atomic E-state index is -0.745. The summed E-state index contributed by atoms with van der Waals surface area (Å²) in [6.45, 7) is 15.1. The molecule has 0 radical (unpaired) electrons. The van der Waals surface area contributed by atoms with Crippen molar-refractivity contribution in [3.8, 4) is 11.8 Å². The zero-order valence-corrected chi connectivity index (χ0v) is 28.1. The van der Waals surface area contributed by atoms with E-state index in [0.29, 0.717) is 29.3 Å². The van der Waals surface area contributed by atoms with Gasteiger partial charge in [-0.1, -0.05) is 25.6 Å². The fourth-order valence-electron chi connectivity index (χ4n) is 6.20. The summed E-state index contributed by atoms with van der Waals surface area (Å²) in [5.41, 5.74) is 9.45. The maximum atomic E-state index is 15.5. The Morgan fingerprint density at radius 2 is 1.94 bits per heavy atom. The number of carbonyl (C=O) groups is 1. The van der Waals surface area contributed by atoms with Gasteiger partial charge in [0.15, 0.2) is 11.5 Å². The number of likely N-dealkylation sites (N-methyl/N-ethyl adjacent to an activating group) is 1. The molecule has 0 unspecified atom stereocenters. The molecule has 5 rings (SSSR count). The number of hydrogen-bond donors (Lipinski definition) is 3. The number of amides is 1. The van der Waals surface area contributed by atoms with Crippen LogP contribution in [0.25, 0.3) is 5.70 Å². The quantitative estimate of drug-likeness (QED) is 0.281. The summed E-state index contributed by atoms with van der Waals surface area (Å²) in [6, 6.07) is 12.1. The van der Waals surface area contributed by atoms with Gasteiger partial charge in [0, 0.05) is 56.7 Å². The molecule has 2 aromatic carbocycles. The second kappa shape index (κ2) is 14.7. The number of fused-ring (bicyclic) bond motifs is 1. The number of nitrogens with two attached hydrogens (primary N) is 1. The van der Waals surface area contributed by atoms with Gasteiger partial charge in [0.25, 0.3) is 5.91 Å². The highest BCUT2D eigenvalue weighted by molar-refractivity contribution is 6.18. The lowest BCUT2D eigenvalue weighted by atomic mass is 10.0. The first-order valence-corrected chi connectivity index (χ1v) is 16.0. The lowest BCUT2D eigenvalue weighted by Gasteiger charge is -2.42. The van der Waals surface area contributed by atoms with Crippen molar-refractivity contribution in [2.75, 3.05) is 51.0 Å². The van der Waals surface area contributed by atoms with Gasteiger partial charge in [0.2, 0.25) is 0 Å². The predicted octanol–water partition coefficient (Wildman–Crippen LogP) is 4.82. The minimum absolute atomic E-state index is 0.0235. The van der Waals surface area contributed by atoms with Crippen LogP contribution in [0.4, 0.5) is 15.8 Å². The van der Waals surface area contributed by atoms with E-state index in [4.69, 9.17) is 15.5 Å². The Balaban J connectivity index is 1.33. The van der Waals surface area contributed by atoms with Crippen molar-refractivity contribution in [1.29, 1.82) is 5.26 Å². The van der Waals surface area contributed by atoms with Crippen molar-refractivity contribution in [1.82, 2.24) is 24.3 Å². The number of methoxy groups -OCH3 is 1. The Labute approximate surface area is 281 Å². The van der Waals surface area contributed by atoms with Crippen molar-refractivity contribution in [2.45, 2.75) is 45.8 Å². The monoisotopic (exact) mass is 654 g/mol. The number of ether oxygens (including phenoxy) is 1. The number of aromatic nitrogens is 2. The molecule has 1 saturated heterocycles. The van der Waals surface area contributed by atoms with E-state index in [2.05, 4.69) is 50.0 Å². The summed E-state index contributed by atoms with van der Waals surface area (Å²) in [5, 5.41) is 15.5. The molecule has 252 valence electrons. The lowest BCUT2D eigenvalue weighted by Crippen LogP contribution is -2.46. The number of halogens is 1. The number of amidine groups is 1. The van der Waals surface area contributed by atoms with E-state index in [1.165, 1.54) is 25.4 Å². The van der Waals surface area contributed by atoms with E-state index in [1.54, 1.807) is 10.9 Å². The molecular formula is C35H43FN10O2. The van der Waals surface area contributed by atoms with Crippen molar-refractivity contribution < 1.29 is 13.9 Å². The first-order chi connectivity index (χ1) is 23.1. The van der Waals surface area contributed by atoms with Gasteiger partial charge < -0.3 is 30.9 Å². The number of anilines is 2. The standard InChI is InChI=1S/C35H43FN10O2/c1-7-30-33-29(18-37)39-21-45(33)31(19-38)34(46(30)22(2)3)41-23(4)40-28-17-27(36)26(16-32(28)48-6)35(47)42-25-10-8-24(9-11-25)20-44-14-12-43(5)13-15-44/h8-11,16-17,19,21-22,30,40H,4,7,12-15,20,38H2,1-3,5-6H3,(H,42,47)/b31-19+,41-34+/t30-/m1/s1. The van der Waals surface area contributed by atoms with Gasteiger partial charge in [0.1, 0.15) is 35.5 Å². The Bertz CT molecular complexity index is 1760.